The van der Waals surface area contributed by atoms with Crippen molar-refractivity contribution in [2.24, 2.45) is 0 Å². The molecule has 0 bridgehead atoms. The van der Waals surface area contributed by atoms with Crippen LogP contribution in [0.4, 0.5) is 0 Å². The van der Waals surface area contributed by atoms with Crippen LogP contribution in [0, 0.1) is 0 Å². The highest BCUT2D eigenvalue weighted by molar-refractivity contribution is 6.43. The van der Waals surface area contributed by atoms with Crippen LogP contribution in [-0.4, -0.2) is 48.3 Å². The van der Waals surface area contributed by atoms with Crippen molar-refractivity contribution in [1.29, 1.82) is 0 Å². The quantitative estimate of drug-likeness (QED) is 0.932. The number of amides is 1. The standard InChI is InChI=1S/C14H17Cl2NO3/c1-17(9-14(19)5-7-20-8-6-14)13(18)10-3-2-4-11(15)12(10)16/h2-4,19H,5-9H2,1H3. The van der Waals surface area contributed by atoms with Crippen molar-refractivity contribution in [2.45, 2.75) is 18.4 Å². The minimum absolute atomic E-state index is 0.241. The van der Waals surface area contributed by atoms with Crippen molar-refractivity contribution in [3.63, 3.8) is 0 Å². The molecule has 1 aromatic carbocycles. The lowest BCUT2D eigenvalue weighted by Gasteiger charge is -2.35. The van der Waals surface area contributed by atoms with Gasteiger partial charge in [0, 0.05) is 39.6 Å². The molecular weight excluding hydrogens is 301 g/mol. The number of benzene rings is 1. The highest BCUT2D eigenvalue weighted by Crippen LogP contribution is 2.27. The van der Waals surface area contributed by atoms with Gasteiger partial charge < -0.3 is 14.7 Å². The molecule has 0 atom stereocenters. The fourth-order valence-electron chi connectivity index (χ4n) is 2.30. The summed E-state index contributed by atoms with van der Waals surface area (Å²) in [7, 11) is 1.65. The second-order valence-electron chi connectivity index (χ2n) is 5.10. The maximum atomic E-state index is 12.4. The molecule has 1 N–H and O–H groups in total. The molecule has 0 unspecified atom stereocenters. The Morgan fingerprint density at radius 3 is 2.70 bits per heavy atom. The Hall–Kier alpha value is -0.810. The largest absolute Gasteiger partial charge is 0.388 e. The predicted molar refractivity (Wildman–Crippen MR) is 78.4 cm³/mol. The Morgan fingerprint density at radius 1 is 1.40 bits per heavy atom. The smallest absolute Gasteiger partial charge is 0.255 e. The van der Waals surface area contributed by atoms with E-state index in [4.69, 9.17) is 27.9 Å². The molecule has 1 aliphatic heterocycles. The van der Waals surface area contributed by atoms with Gasteiger partial charge in [0.05, 0.1) is 21.2 Å². The molecule has 0 saturated carbocycles. The molecule has 1 saturated heterocycles. The summed E-state index contributed by atoms with van der Waals surface area (Å²) in [6, 6.07) is 4.94. The number of carbonyl (C=O) groups is 1. The molecule has 110 valence electrons. The van der Waals surface area contributed by atoms with Crippen molar-refractivity contribution in [3.8, 4) is 0 Å². The van der Waals surface area contributed by atoms with Crippen LogP contribution in [0.3, 0.4) is 0 Å². The summed E-state index contributed by atoms with van der Waals surface area (Å²) >= 11 is 12.0. The number of likely N-dealkylation sites (N-methyl/N-ethyl adjacent to an activating group) is 1. The van der Waals surface area contributed by atoms with Gasteiger partial charge in [0.1, 0.15) is 0 Å². The minimum Gasteiger partial charge on any atom is -0.388 e. The summed E-state index contributed by atoms with van der Waals surface area (Å²) in [5.74, 6) is -0.252. The van der Waals surface area contributed by atoms with E-state index in [1.54, 1.807) is 25.2 Å². The molecule has 4 nitrogen and oxygen atoms in total. The van der Waals surface area contributed by atoms with Gasteiger partial charge in [0.2, 0.25) is 0 Å². The second-order valence-corrected chi connectivity index (χ2v) is 5.88. The monoisotopic (exact) mass is 317 g/mol. The fraction of sp³-hybridized carbons (Fsp3) is 0.500. The predicted octanol–water partition coefficient (Wildman–Crippen LogP) is 2.61. The van der Waals surface area contributed by atoms with E-state index >= 15 is 0 Å². The number of aliphatic hydroxyl groups is 1. The molecule has 6 heteroatoms. The van der Waals surface area contributed by atoms with Crippen LogP contribution in [0.15, 0.2) is 18.2 Å². The van der Waals surface area contributed by atoms with Crippen molar-refractivity contribution >= 4 is 29.1 Å². The Kier molecular flexibility index (Phi) is 4.91. The third-order valence-electron chi connectivity index (χ3n) is 3.48. The maximum absolute atomic E-state index is 12.4. The highest BCUT2D eigenvalue weighted by atomic mass is 35.5. The van der Waals surface area contributed by atoms with E-state index in [0.29, 0.717) is 36.6 Å². The minimum atomic E-state index is -0.895. The number of ether oxygens (including phenoxy) is 1. The summed E-state index contributed by atoms with van der Waals surface area (Å²) in [6.07, 6.45) is 1.04. The maximum Gasteiger partial charge on any atom is 0.255 e. The molecule has 0 aliphatic carbocycles. The summed E-state index contributed by atoms with van der Waals surface area (Å²) in [5, 5.41) is 11.0. The van der Waals surface area contributed by atoms with E-state index < -0.39 is 5.60 Å². The van der Waals surface area contributed by atoms with Crippen LogP contribution < -0.4 is 0 Å². The zero-order valence-electron chi connectivity index (χ0n) is 11.2. The van der Waals surface area contributed by atoms with E-state index in [-0.39, 0.29) is 17.5 Å². The molecule has 1 aliphatic rings. The van der Waals surface area contributed by atoms with E-state index in [1.807, 2.05) is 0 Å². The van der Waals surface area contributed by atoms with Crippen molar-refractivity contribution in [2.75, 3.05) is 26.8 Å². The van der Waals surface area contributed by atoms with Crippen LogP contribution in [-0.2, 0) is 4.74 Å². The summed E-state index contributed by atoms with van der Waals surface area (Å²) < 4.78 is 5.22. The zero-order valence-corrected chi connectivity index (χ0v) is 12.7. The van der Waals surface area contributed by atoms with Crippen LogP contribution in [0.5, 0.6) is 0 Å². The normalized spacial score (nSPS) is 17.8. The van der Waals surface area contributed by atoms with Gasteiger partial charge in [-0.25, -0.2) is 0 Å². The average Bonchev–Trinajstić information content (AvgIpc) is 2.41. The molecule has 20 heavy (non-hydrogen) atoms. The highest BCUT2D eigenvalue weighted by Gasteiger charge is 2.33. The van der Waals surface area contributed by atoms with Crippen LogP contribution >= 0.6 is 23.2 Å². The van der Waals surface area contributed by atoms with Gasteiger partial charge in [-0.3, -0.25) is 4.79 Å². The first-order valence-electron chi connectivity index (χ1n) is 6.42. The van der Waals surface area contributed by atoms with Crippen LogP contribution in [0.25, 0.3) is 0 Å². The molecular formula is C14H17Cl2NO3. The van der Waals surface area contributed by atoms with Gasteiger partial charge in [0.25, 0.3) is 5.91 Å². The Morgan fingerprint density at radius 2 is 2.05 bits per heavy atom. The number of carbonyl (C=O) groups excluding carboxylic acids is 1. The third kappa shape index (κ3) is 3.44. The number of hydrogen-bond donors (Lipinski definition) is 1. The van der Waals surface area contributed by atoms with Crippen LogP contribution in [0.1, 0.15) is 23.2 Å². The lowest BCUT2D eigenvalue weighted by atomic mass is 9.93. The second kappa shape index (κ2) is 6.31. The van der Waals surface area contributed by atoms with Crippen molar-refractivity contribution in [3.05, 3.63) is 33.8 Å². The molecule has 1 amide bonds. The van der Waals surface area contributed by atoms with E-state index in [9.17, 15) is 9.90 Å². The zero-order chi connectivity index (χ0) is 14.8. The lowest BCUT2D eigenvalue weighted by Crippen LogP contribution is -2.47. The Labute approximate surface area is 128 Å². The molecule has 0 spiro atoms. The Balaban J connectivity index is 2.10. The number of rotatable bonds is 3. The molecule has 1 aromatic rings. The SMILES string of the molecule is CN(CC1(O)CCOCC1)C(=O)c1cccc(Cl)c1Cl. The van der Waals surface area contributed by atoms with Crippen molar-refractivity contribution in [1.82, 2.24) is 4.90 Å². The topological polar surface area (TPSA) is 49.8 Å². The number of hydrogen-bond acceptors (Lipinski definition) is 3. The van der Waals surface area contributed by atoms with E-state index in [1.165, 1.54) is 4.90 Å². The number of halogens is 2. The van der Waals surface area contributed by atoms with Gasteiger partial charge in [-0.15, -0.1) is 0 Å². The van der Waals surface area contributed by atoms with Gasteiger partial charge >= 0.3 is 0 Å². The van der Waals surface area contributed by atoms with Gasteiger partial charge in [-0.1, -0.05) is 29.3 Å². The first-order valence-corrected chi connectivity index (χ1v) is 7.18. The molecule has 2 rings (SSSR count). The van der Waals surface area contributed by atoms with E-state index in [0.717, 1.165) is 0 Å². The van der Waals surface area contributed by atoms with Gasteiger partial charge in [0.15, 0.2) is 0 Å². The Bertz CT molecular complexity index is 501. The molecule has 1 heterocycles. The van der Waals surface area contributed by atoms with Gasteiger partial charge in [-0.2, -0.15) is 0 Å². The average molecular weight is 318 g/mol. The summed E-state index contributed by atoms with van der Waals surface area (Å²) in [4.78, 5) is 13.8. The number of nitrogens with zero attached hydrogens (tertiary/aromatic N) is 1. The van der Waals surface area contributed by atoms with E-state index in [2.05, 4.69) is 0 Å². The summed E-state index contributed by atoms with van der Waals surface area (Å²) in [5.41, 5.74) is -0.550. The summed E-state index contributed by atoms with van der Waals surface area (Å²) in [6.45, 7) is 1.27. The third-order valence-corrected chi connectivity index (χ3v) is 4.30. The molecule has 0 radical (unpaired) electrons. The first-order chi connectivity index (χ1) is 9.43. The molecule has 1 fully saturated rings. The molecule has 0 aromatic heterocycles. The fourth-order valence-corrected chi connectivity index (χ4v) is 2.68. The first kappa shape index (κ1) is 15.6. The van der Waals surface area contributed by atoms with Crippen molar-refractivity contribution < 1.29 is 14.6 Å². The lowest BCUT2D eigenvalue weighted by molar-refractivity contribution is -0.0734. The van der Waals surface area contributed by atoms with Gasteiger partial charge in [-0.05, 0) is 12.1 Å². The van der Waals surface area contributed by atoms with Crippen LogP contribution in [0.2, 0.25) is 10.0 Å².